The van der Waals surface area contributed by atoms with Crippen LogP contribution in [0, 0.1) is 5.92 Å². The molecule has 0 aromatic heterocycles. The fourth-order valence-electron chi connectivity index (χ4n) is 2.20. The standard InChI is InChI=1S/C9H14N2/c1-6-5-9(10)11-8-4-2-3-7(6)8/h5,7-8H,2-4H2,1H3,(H2,10,11)/t7-,8-/m0/s1. The van der Waals surface area contributed by atoms with Gasteiger partial charge in [-0.3, -0.25) is 4.99 Å². The van der Waals surface area contributed by atoms with Gasteiger partial charge in [0.15, 0.2) is 0 Å². The third-order valence-electron chi connectivity index (χ3n) is 2.75. The molecular weight excluding hydrogens is 136 g/mol. The van der Waals surface area contributed by atoms with Crippen LogP contribution in [0.15, 0.2) is 16.6 Å². The largest absolute Gasteiger partial charge is 0.384 e. The van der Waals surface area contributed by atoms with E-state index in [-0.39, 0.29) is 0 Å². The summed E-state index contributed by atoms with van der Waals surface area (Å²) in [6, 6.07) is 0.514. The van der Waals surface area contributed by atoms with E-state index in [1.807, 2.05) is 6.08 Å². The average molecular weight is 150 g/mol. The first-order chi connectivity index (χ1) is 5.27. The van der Waals surface area contributed by atoms with Crippen molar-refractivity contribution in [3.8, 4) is 0 Å². The highest BCUT2D eigenvalue weighted by Crippen LogP contribution is 2.35. The van der Waals surface area contributed by atoms with E-state index in [9.17, 15) is 0 Å². The van der Waals surface area contributed by atoms with Crippen LogP contribution in [0.1, 0.15) is 26.2 Å². The molecule has 11 heavy (non-hydrogen) atoms. The molecule has 1 aliphatic heterocycles. The van der Waals surface area contributed by atoms with Crippen molar-refractivity contribution in [2.75, 3.05) is 0 Å². The van der Waals surface area contributed by atoms with Crippen LogP contribution in [0.5, 0.6) is 0 Å². The molecule has 1 fully saturated rings. The number of rotatable bonds is 0. The van der Waals surface area contributed by atoms with Gasteiger partial charge < -0.3 is 5.73 Å². The summed E-state index contributed by atoms with van der Waals surface area (Å²) in [6.07, 6.45) is 5.88. The van der Waals surface area contributed by atoms with Crippen molar-refractivity contribution in [3.05, 3.63) is 11.6 Å². The minimum absolute atomic E-state index is 0.514. The first kappa shape index (κ1) is 6.89. The molecule has 1 saturated carbocycles. The average Bonchev–Trinajstić information content (AvgIpc) is 2.34. The van der Waals surface area contributed by atoms with E-state index in [0.717, 1.165) is 5.84 Å². The maximum absolute atomic E-state index is 5.65. The highest BCUT2D eigenvalue weighted by atomic mass is 14.9. The van der Waals surface area contributed by atoms with Gasteiger partial charge in [0.1, 0.15) is 5.84 Å². The van der Waals surface area contributed by atoms with E-state index >= 15 is 0 Å². The quantitative estimate of drug-likeness (QED) is 0.558. The first-order valence-corrected chi connectivity index (χ1v) is 4.29. The highest BCUT2D eigenvalue weighted by molar-refractivity contribution is 5.93. The Hall–Kier alpha value is -0.790. The van der Waals surface area contributed by atoms with E-state index < -0.39 is 0 Å². The molecule has 0 aromatic rings. The Morgan fingerprint density at radius 2 is 2.36 bits per heavy atom. The summed E-state index contributed by atoms with van der Waals surface area (Å²) in [4.78, 5) is 4.41. The van der Waals surface area contributed by atoms with E-state index in [2.05, 4.69) is 11.9 Å². The summed E-state index contributed by atoms with van der Waals surface area (Å²) in [5.74, 6) is 1.44. The molecule has 1 aliphatic carbocycles. The molecule has 0 bridgehead atoms. The summed E-state index contributed by atoms with van der Waals surface area (Å²) in [7, 11) is 0. The van der Waals surface area contributed by atoms with Gasteiger partial charge in [0.2, 0.25) is 0 Å². The van der Waals surface area contributed by atoms with Crippen molar-refractivity contribution < 1.29 is 0 Å². The van der Waals surface area contributed by atoms with Crippen molar-refractivity contribution in [2.24, 2.45) is 16.6 Å². The smallest absolute Gasteiger partial charge is 0.118 e. The lowest BCUT2D eigenvalue weighted by Crippen LogP contribution is -2.24. The number of amidine groups is 1. The molecule has 0 aromatic carbocycles. The van der Waals surface area contributed by atoms with Gasteiger partial charge in [0, 0.05) is 5.92 Å². The van der Waals surface area contributed by atoms with Gasteiger partial charge in [-0.25, -0.2) is 0 Å². The fraction of sp³-hybridized carbons (Fsp3) is 0.667. The topological polar surface area (TPSA) is 38.4 Å². The van der Waals surface area contributed by atoms with Gasteiger partial charge >= 0.3 is 0 Å². The summed E-state index contributed by atoms with van der Waals surface area (Å²) in [5, 5.41) is 0. The predicted molar refractivity (Wildman–Crippen MR) is 46.5 cm³/mol. The molecule has 2 rings (SSSR count). The third-order valence-corrected chi connectivity index (χ3v) is 2.75. The molecule has 2 N–H and O–H groups in total. The number of hydrogen-bond donors (Lipinski definition) is 1. The molecule has 2 heteroatoms. The lowest BCUT2D eigenvalue weighted by atomic mass is 9.93. The Kier molecular flexibility index (Phi) is 1.48. The van der Waals surface area contributed by atoms with Crippen LogP contribution in [0.25, 0.3) is 0 Å². The summed E-state index contributed by atoms with van der Waals surface area (Å²) in [6.45, 7) is 2.17. The van der Waals surface area contributed by atoms with Crippen molar-refractivity contribution in [3.63, 3.8) is 0 Å². The van der Waals surface area contributed by atoms with Crippen LogP contribution >= 0.6 is 0 Å². The van der Waals surface area contributed by atoms with Crippen molar-refractivity contribution in [1.82, 2.24) is 0 Å². The Morgan fingerprint density at radius 1 is 1.55 bits per heavy atom. The maximum atomic E-state index is 5.65. The lowest BCUT2D eigenvalue weighted by molar-refractivity contribution is 0.548. The minimum atomic E-state index is 0.514. The van der Waals surface area contributed by atoms with Crippen molar-refractivity contribution >= 4 is 5.84 Å². The van der Waals surface area contributed by atoms with Gasteiger partial charge in [0.25, 0.3) is 0 Å². The van der Waals surface area contributed by atoms with E-state index in [4.69, 9.17) is 5.73 Å². The second kappa shape index (κ2) is 2.36. The number of fused-ring (bicyclic) bond motifs is 1. The highest BCUT2D eigenvalue weighted by Gasteiger charge is 2.30. The molecule has 2 aliphatic rings. The molecule has 0 amide bonds. The molecular formula is C9H14N2. The maximum Gasteiger partial charge on any atom is 0.118 e. The molecule has 1 heterocycles. The van der Waals surface area contributed by atoms with Crippen molar-refractivity contribution in [2.45, 2.75) is 32.2 Å². The number of dihydropyridines is 1. The van der Waals surface area contributed by atoms with Crippen LogP contribution in [0.4, 0.5) is 0 Å². The molecule has 0 saturated heterocycles. The number of aliphatic imine (C=N–C) groups is 1. The second-order valence-electron chi connectivity index (χ2n) is 3.55. The van der Waals surface area contributed by atoms with Crippen LogP contribution in [0.3, 0.4) is 0 Å². The zero-order valence-corrected chi connectivity index (χ0v) is 6.88. The predicted octanol–water partition coefficient (Wildman–Crippen LogP) is 1.47. The molecule has 0 radical (unpaired) electrons. The SMILES string of the molecule is CC1=CC(N)=N[C@H]2CCC[C@@H]12. The Bertz CT molecular complexity index is 228. The third kappa shape index (κ3) is 1.06. The zero-order chi connectivity index (χ0) is 7.84. The van der Waals surface area contributed by atoms with Gasteiger partial charge in [0.05, 0.1) is 6.04 Å². The molecule has 60 valence electrons. The monoisotopic (exact) mass is 150 g/mol. The van der Waals surface area contributed by atoms with Crippen LogP contribution in [-0.4, -0.2) is 11.9 Å². The molecule has 2 nitrogen and oxygen atoms in total. The fourth-order valence-corrected chi connectivity index (χ4v) is 2.20. The summed E-state index contributed by atoms with van der Waals surface area (Å²) in [5.41, 5.74) is 7.09. The Labute approximate surface area is 67.2 Å². The van der Waals surface area contributed by atoms with Crippen molar-refractivity contribution in [1.29, 1.82) is 0 Å². The van der Waals surface area contributed by atoms with Crippen LogP contribution in [0.2, 0.25) is 0 Å². The normalized spacial score (nSPS) is 36.1. The van der Waals surface area contributed by atoms with E-state index in [0.29, 0.717) is 12.0 Å². The van der Waals surface area contributed by atoms with E-state index in [1.54, 1.807) is 0 Å². The number of nitrogens with zero attached hydrogens (tertiary/aromatic N) is 1. The summed E-state index contributed by atoms with van der Waals surface area (Å²) >= 11 is 0. The van der Waals surface area contributed by atoms with Gasteiger partial charge in [-0.15, -0.1) is 0 Å². The minimum Gasteiger partial charge on any atom is -0.384 e. The number of nitrogens with two attached hydrogens (primary N) is 1. The van der Waals surface area contributed by atoms with Gasteiger partial charge in [-0.05, 0) is 25.8 Å². The second-order valence-corrected chi connectivity index (χ2v) is 3.55. The lowest BCUT2D eigenvalue weighted by Gasteiger charge is -2.21. The molecule has 0 spiro atoms. The van der Waals surface area contributed by atoms with Gasteiger partial charge in [-0.2, -0.15) is 0 Å². The summed E-state index contributed by atoms with van der Waals surface area (Å²) < 4.78 is 0. The molecule has 0 unspecified atom stereocenters. The Morgan fingerprint density at radius 3 is 3.18 bits per heavy atom. The first-order valence-electron chi connectivity index (χ1n) is 4.29. The van der Waals surface area contributed by atoms with Gasteiger partial charge in [-0.1, -0.05) is 12.0 Å². The number of hydrogen-bond acceptors (Lipinski definition) is 2. The zero-order valence-electron chi connectivity index (χ0n) is 6.88. The van der Waals surface area contributed by atoms with Crippen LogP contribution < -0.4 is 5.73 Å². The Balaban J connectivity index is 2.28. The van der Waals surface area contributed by atoms with E-state index in [1.165, 1.54) is 24.8 Å². The molecule has 2 atom stereocenters. The van der Waals surface area contributed by atoms with Crippen LogP contribution in [-0.2, 0) is 0 Å².